The van der Waals surface area contributed by atoms with Gasteiger partial charge in [0.05, 0.1) is 0 Å². The van der Waals surface area contributed by atoms with Gasteiger partial charge in [0.15, 0.2) is 0 Å². The summed E-state index contributed by atoms with van der Waals surface area (Å²) in [4.78, 5) is 11.8. The van der Waals surface area contributed by atoms with Gasteiger partial charge in [0.1, 0.15) is 0 Å². The van der Waals surface area contributed by atoms with Crippen molar-refractivity contribution in [1.82, 2.24) is 5.32 Å². The van der Waals surface area contributed by atoms with Crippen molar-refractivity contribution in [3.05, 3.63) is 0 Å². The fourth-order valence-electron chi connectivity index (χ4n) is 2.31. The van der Waals surface area contributed by atoms with Crippen molar-refractivity contribution in [2.45, 2.75) is 32.1 Å². The number of carbonyl (C=O) groups is 1. The highest BCUT2D eigenvalue weighted by Crippen LogP contribution is 2.47. The SMILES string of the molecule is O=C(NCC1(CCO)CC1)C1CCOCC1. The highest BCUT2D eigenvalue weighted by molar-refractivity contribution is 5.78. The molecule has 92 valence electrons. The molecule has 4 heteroatoms. The van der Waals surface area contributed by atoms with E-state index in [1.807, 2.05) is 0 Å². The molecular formula is C12H21NO3. The van der Waals surface area contributed by atoms with Gasteiger partial charge in [0.25, 0.3) is 0 Å². The summed E-state index contributed by atoms with van der Waals surface area (Å²) >= 11 is 0. The Bertz CT molecular complexity index is 245. The van der Waals surface area contributed by atoms with E-state index in [1.54, 1.807) is 0 Å². The summed E-state index contributed by atoms with van der Waals surface area (Å²) in [6, 6.07) is 0. The summed E-state index contributed by atoms with van der Waals surface area (Å²) in [6.07, 6.45) is 4.79. The molecule has 1 amide bonds. The number of rotatable bonds is 5. The predicted molar refractivity (Wildman–Crippen MR) is 59.9 cm³/mol. The summed E-state index contributed by atoms with van der Waals surface area (Å²) in [5.74, 6) is 0.311. The molecule has 2 aliphatic rings. The van der Waals surface area contributed by atoms with E-state index in [0.717, 1.165) is 38.6 Å². The first kappa shape index (κ1) is 11.9. The number of hydrogen-bond acceptors (Lipinski definition) is 3. The van der Waals surface area contributed by atoms with Gasteiger partial charge >= 0.3 is 0 Å². The van der Waals surface area contributed by atoms with Crippen LogP contribution >= 0.6 is 0 Å². The van der Waals surface area contributed by atoms with Crippen LogP contribution in [0.25, 0.3) is 0 Å². The van der Waals surface area contributed by atoms with Crippen molar-refractivity contribution in [3.8, 4) is 0 Å². The molecule has 4 nitrogen and oxygen atoms in total. The topological polar surface area (TPSA) is 58.6 Å². The van der Waals surface area contributed by atoms with Crippen LogP contribution in [-0.2, 0) is 9.53 Å². The van der Waals surface area contributed by atoms with Crippen LogP contribution in [0.2, 0.25) is 0 Å². The molecule has 2 N–H and O–H groups in total. The maximum absolute atomic E-state index is 11.8. The summed E-state index contributed by atoms with van der Waals surface area (Å²) in [7, 11) is 0. The zero-order chi connectivity index (χ0) is 11.4. The van der Waals surface area contributed by atoms with Gasteiger partial charge in [-0.1, -0.05) is 0 Å². The van der Waals surface area contributed by atoms with E-state index in [-0.39, 0.29) is 23.8 Å². The van der Waals surface area contributed by atoms with E-state index < -0.39 is 0 Å². The maximum Gasteiger partial charge on any atom is 0.223 e. The zero-order valence-corrected chi connectivity index (χ0v) is 9.71. The van der Waals surface area contributed by atoms with Gasteiger partial charge in [-0.15, -0.1) is 0 Å². The van der Waals surface area contributed by atoms with Crippen molar-refractivity contribution in [3.63, 3.8) is 0 Å². The lowest BCUT2D eigenvalue weighted by Crippen LogP contribution is -2.37. The van der Waals surface area contributed by atoms with Gasteiger partial charge in [-0.3, -0.25) is 4.79 Å². The van der Waals surface area contributed by atoms with Gasteiger partial charge in [0, 0.05) is 32.3 Å². The summed E-state index contributed by atoms with van der Waals surface area (Å²) < 4.78 is 5.23. The van der Waals surface area contributed by atoms with E-state index in [9.17, 15) is 4.79 Å². The fraction of sp³-hybridized carbons (Fsp3) is 0.917. The highest BCUT2D eigenvalue weighted by atomic mass is 16.5. The molecule has 0 atom stereocenters. The third-order valence-electron chi connectivity index (χ3n) is 3.83. The maximum atomic E-state index is 11.8. The fourth-order valence-corrected chi connectivity index (χ4v) is 2.31. The lowest BCUT2D eigenvalue weighted by molar-refractivity contribution is -0.128. The van der Waals surface area contributed by atoms with Crippen LogP contribution in [0.15, 0.2) is 0 Å². The number of hydrogen-bond donors (Lipinski definition) is 2. The van der Waals surface area contributed by atoms with E-state index in [2.05, 4.69) is 5.32 Å². The second kappa shape index (κ2) is 5.15. The summed E-state index contributed by atoms with van der Waals surface area (Å²) in [6.45, 7) is 2.39. The molecule has 1 aliphatic heterocycles. The molecule has 0 aromatic carbocycles. The molecule has 1 aliphatic carbocycles. The van der Waals surface area contributed by atoms with Gasteiger partial charge in [-0.2, -0.15) is 0 Å². The number of aliphatic hydroxyl groups excluding tert-OH is 1. The molecule has 1 saturated heterocycles. The first-order valence-electron chi connectivity index (χ1n) is 6.22. The highest BCUT2D eigenvalue weighted by Gasteiger charge is 2.42. The van der Waals surface area contributed by atoms with Gasteiger partial charge in [-0.25, -0.2) is 0 Å². The smallest absolute Gasteiger partial charge is 0.223 e. The summed E-state index contributed by atoms with van der Waals surface area (Å²) in [5.41, 5.74) is 0.218. The van der Waals surface area contributed by atoms with Crippen molar-refractivity contribution >= 4 is 5.91 Å². The number of carbonyl (C=O) groups excluding carboxylic acids is 1. The van der Waals surface area contributed by atoms with Crippen LogP contribution in [0.3, 0.4) is 0 Å². The molecule has 0 aromatic heterocycles. The van der Waals surface area contributed by atoms with E-state index in [0.29, 0.717) is 13.2 Å². The predicted octanol–water partition coefficient (Wildman–Crippen LogP) is 0.692. The van der Waals surface area contributed by atoms with Crippen LogP contribution in [0.4, 0.5) is 0 Å². The Morgan fingerprint density at radius 2 is 2.06 bits per heavy atom. The monoisotopic (exact) mass is 227 g/mol. The molecule has 0 aromatic rings. The minimum atomic E-state index is 0.138. The Hall–Kier alpha value is -0.610. The Kier molecular flexibility index (Phi) is 3.82. The first-order chi connectivity index (χ1) is 7.76. The number of nitrogens with one attached hydrogen (secondary N) is 1. The zero-order valence-electron chi connectivity index (χ0n) is 9.71. The van der Waals surface area contributed by atoms with Crippen LogP contribution in [0.5, 0.6) is 0 Å². The molecule has 1 saturated carbocycles. The minimum Gasteiger partial charge on any atom is -0.396 e. The second-order valence-corrected chi connectivity index (χ2v) is 5.08. The molecule has 0 bridgehead atoms. The Morgan fingerprint density at radius 3 is 2.62 bits per heavy atom. The van der Waals surface area contributed by atoms with Gasteiger partial charge < -0.3 is 15.2 Å². The minimum absolute atomic E-state index is 0.138. The molecule has 16 heavy (non-hydrogen) atoms. The molecule has 2 fully saturated rings. The van der Waals surface area contributed by atoms with E-state index in [1.165, 1.54) is 0 Å². The average molecular weight is 227 g/mol. The van der Waals surface area contributed by atoms with Gasteiger partial charge in [0.2, 0.25) is 5.91 Å². The molecule has 0 unspecified atom stereocenters. The normalized spacial score (nSPS) is 24.1. The number of amides is 1. The van der Waals surface area contributed by atoms with Crippen molar-refractivity contribution < 1.29 is 14.6 Å². The summed E-state index contributed by atoms with van der Waals surface area (Å²) in [5, 5.41) is 12.0. The van der Waals surface area contributed by atoms with Crippen molar-refractivity contribution in [2.24, 2.45) is 11.3 Å². The molecular weight excluding hydrogens is 206 g/mol. The average Bonchev–Trinajstić information content (AvgIpc) is 3.08. The van der Waals surface area contributed by atoms with Crippen LogP contribution in [0, 0.1) is 11.3 Å². The molecule has 2 rings (SSSR count). The van der Waals surface area contributed by atoms with Crippen LogP contribution in [0.1, 0.15) is 32.1 Å². The van der Waals surface area contributed by atoms with Crippen molar-refractivity contribution in [2.75, 3.05) is 26.4 Å². The Balaban J connectivity index is 1.70. The van der Waals surface area contributed by atoms with E-state index in [4.69, 9.17) is 9.84 Å². The second-order valence-electron chi connectivity index (χ2n) is 5.08. The lowest BCUT2D eigenvalue weighted by atomic mass is 9.98. The number of ether oxygens (including phenoxy) is 1. The van der Waals surface area contributed by atoms with Gasteiger partial charge in [-0.05, 0) is 37.5 Å². The molecule has 1 heterocycles. The Morgan fingerprint density at radius 1 is 1.38 bits per heavy atom. The van der Waals surface area contributed by atoms with Crippen molar-refractivity contribution in [1.29, 1.82) is 0 Å². The standard InChI is InChI=1S/C12H21NO3/c14-6-5-12(3-4-12)9-13-11(15)10-1-7-16-8-2-10/h10,14H,1-9H2,(H,13,15). The quantitative estimate of drug-likeness (QED) is 0.726. The van der Waals surface area contributed by atoms with Crippen LogP contribution < -0.4 is 5.32 Å². The third kappa shape index (κ3) is 2.95. The third-order valence-corrected chi connectivity index (χ3v) is 3.83. The lowest BCUT2D eigenvalue weighted by Gasteiger charge is -2.22. The molecule has 0 radical (unpaired) electrons. The number of aliphatic hydroxyl groups is 1. The largest absolute Gasteiger partial charge is 0.396 e. The van der Waals surface area contributed by atoms with E-state index >= 15 is 0 Å². The Labute approximate surface area is 96.4 Å². The first-order valence-corrected chi connectivity index (χ1v) is 6.22. The van der Waals surface area contributed by atoms with Crippen LogP contribution in [-0.4, -0.2) is 37.4 Å². The molecule has 0 spiro atoms.